The van der Waals surface area contributed by atoms with Crippen LogP contribution in [0.3, 0.4) is 0 Å². The second kappa shape index (κ2) is 6.36. The van der Waals surface area contributed by atoms with Gasteiger partial charge < -0.3 is 4.52 Å². The van der Waals surface area contributed by atoms with Crippen molar-refractivity contribution in [1.29, 1.82) is 0 Å². The Bertz CT molecular complexity index is 732. The van der Waals surface area contributed by atoms with Crippen LogP contribution < -0.4 is 4.72 Å². The lowest BCUT2D eigenvalue weighted by atomic mass is 10.3. The molecular weight excluding hydrogens is 308 g/mol. The van der Waals surface area contributed by atoms with Crippen LogP contribution in [0.2, 0.25) is 0 Å². The maximum atomic E-state index is 12.5. The molecule has 1 N–H and O–H groups in total. The number of anilines is 1. The molecule has 0 saturated heterocycles. The molecule has 1 aromatic carbocycles. The van der Waals surface area contributed by atoms with Crippen molar-refractivity contribution in [2.24, 2.45) is 0 Å². The van der Waals surface area contributed by atoms with Crippen LogP contribution in [-0.2, 0) is 10.0 Å². The SMILES string of the molecule is C=CCSc1ccccc1NS(=O)(=O)c1c(C)noc1C. The van der Waals surface area contributed by atoms with Gasteiger partial charge in [0.05, 0.1) is 5.69 Å². The van der Waals surface area contributed by atoms with E-state index in [-0.39, 0.29) is 10.7 Å². The Hall–Kier alpha value is -1.73. The lowest BCUT2D eigenvalue weighted by Crippen LogP contribution is -2.15. The first kappa shape index (κ1) is 15.7. The van der Waals surface area contributed by atoms with Crippen LogP contribution in [0.4, 0.5) is 5.69 Å². The second-order valence-corrected chi connectivity index (χ2v) is 7.04. The van der Waals surface area contributed by atoms with E-state index >= 15 is 0 Å². The van der Waals surface area contributed by atoms with E-state index in [1.807, 2.05) is 12.1 Å². The van der Waals surface area contributed by atoms with Crippen LogP contribution in [0.25, 0.3) is 0 Å². The van der Waals surface area contributed by atoms with Gasteiger partial charge in [-0.05, 0) is 26.0 Å². The summed E-state index contributed by atoms with van der Waals surface area (Å²) in [6.45, 7) is 6.84. The molecule has 0 aliphatic heterocycles. The zero-order chi connectivity index (χ0) is 15.5. The fourth-order valence-corrected chi connectivity index (χ4v) is 4.10. The van der Waals surface area contributed by atoms with Gasteiger partial charge in [-0.2, -0.15) is 0 Å². The Morgan fingerprint density at radius 2 is 2.10 bits per heavy atom. The lowest BCUT2D eigenvalue weighted by molar-refractivity contribution is 0.390. The monoisotopic (exact) mass is 324 g/mol. The minimum atomic E-state index is -3.72. The molecule has 112 valence electrons. The number of aryl methyl sites for hydroxylation is 2. The molecule has 7 heteroatoms. The maximum Gasteiger partial charge on any atom is 0.267 e. The van der Waals surface area contributed by atoms with Gasteiger partial charge in [0, 0.05) is 10.6 Å². The summed E-state index contributed by atoms with van der Waals surface area (Å²) in [6.07, 6.45) is 1.77. The highest BCUT2D eigenvalue weighted by Gasteiger charge is 2.24. The second-order valence-electron chi connectivity index (χ2n) is 4.35. The number of sulfonamides is 1. The van der Waals surface area contributed by atoms with Crippen molar-refractivity contribution in [3.63, 3.8) is 0 Å². The third kappa shape index (κ3) is 3.48. The molecule has 1 heterocycles. The van der Waals surface area contributed by atoms with Crippen molar-refractivity contribution in [2.45, 2.75) is 23.6 Å². The van der Waals surface area contributed by atoms with E-state index in [1.165, 1.54) is 11.8 Å². The number of hydrogen-bond donors (Lipinski definition) is 1. The van der Waals surface area contributed by atoms with Gasteiger partial charge in [0.25, 0.3) is 10.0 Å². The first-order chi connectivity index (χ1) is 9.95. The summed E-state index contributed by atoms with van der Waals surface area (Å²) in [5.41, 5.74) is 0.876. The summed E-state index contributed by atoms with van der Waals surface area (Å²) in [5, 5.41) is 3.68. The van der Waals surface area contributed by atoms with Gasteiger partial charge in [-0.25, -0.2) is 8.42 Å². The van der Waals surface area contributed by atoms with E-state index in [2.05, 4.69) is 16.5 Å². The van der Waals surface area contributed by atoms with Crippen LogP contribution in [0.1, 0.15) is 11.5 Å². The average molecular weight is 324 g/mol. The summed E-state index contributed by atoms with van der Waals surface area (Å²) in [6, 6.07) is 7.22. The van der Waals surface area contributed by atoms with Crippen LogP contribution >= 0.6 is 11.8 Å². The summed E-state index contributed by atoms with van der Waals surface area (Å²) in [4.78, 5) is 0.929. The number of aromatic nitrogens is 1. The summed E-state index contributed by atoms with van der Waals surface area (Å²) in [5.74, 6) is 0.973. The van der Waals surface area contributed by atoms with Crippen molar-refractivity contribution in [2.75, 3.05) is 10.5 Å². The quantitative estimate of drug-likeness (QED) is 0.651. The molecule has 0 bridgehead atoms. The van der Waals surface area contributed by atoms with Crippen molar-refractivity contribution in [3.05, 3.63) is 48.4 Å². The molecule has 5 nitrogen and oxygen atoms in total. The smallest absolute Gasteiger partial charge is 0.267 e. The van der Waals surface area contributed by atoms with Gasteiger partial charge >= 0.3 is 0 Å². The fraction of sp³-hybridized carbons (Fsp3) is 0.214. The summed E-state index contributed by atoms with van der Waals surface area (Å²) >= 11 is 1.51. The molecule has 0 unspecified atom stereocenters. The normalized spacial score (nSPS) is 11.3. The number of rotatable bonds is 6. The van der Waals surface area contributed by atoms with Gasteiger partial charge in [0.2, 0.25) is 0 Å². The van der Waals surface area contributed by atoms with Gasteiger partial charge in [0.15, 0.2) is 10.7 Å². The van der Waals surface area contributed by atoms with E-state index in [4.69, 9.17) is 4.52 Å². The zero-order valence-electron chi connectivity index (χ0n) is 11.8. The van der Waals surface area contributed by atoms with Crippen LogP contribution in [0, 0.1) is 13.8 Å². The molecule has 0 fully saturated rings. The van der Waals surface area contributed by atoms with E-state index in [0.717, 1.165) is 4.90 Å². The van der Waals surface area contributed by atoms with Gasteiger partial charge in [-0.15, -0.1) is 18.3 Å². The Labute approximate surface area is 128 Å². The van der Waals surface area contributed by atoms with Crippen molar-refractivity contribution < 1.29 is 12.9 Å². The van der Waals surface area contributed by atoms with Gasteiger partial charge in [-0.1, -0.05) is 23.4 Å². The molecule has 2 aromatic rings. The molecule has 2 rings (SSSR count). The average Bonchev–Trinajstić information content (AvgIpc) is 2.77. The zero-order valence-corrected chi connectivity index (χ0v) is 13.4. The van der Waals surface area contributed by atoms with Crippen LogP contribution in [0.5, 0.6) is 0 Å². The highest BCUT2D eigenvalue weighted by molar-refractivity contribution is 7.99. The van der Waals surface area contributed by atoms with E-state index < -0.39 is 10.0 Å². The fourth-order valence-electron chi connectivity index (χ4n) is 1.88. The highest BCUT2D eigenvalue weighted by Crippen LogP contribution is 2.30. The first-order valence-corrected chi connectivity index (χ1v) is 8.71. The molecule has 1 aromatic heterocycles. The Morgan fingerprint density at radius 1 is 1.38 bits per heavy atom. The third-order valence-corrected chi connectivity index (χ3v) is 5.40. The highest BCUT2D eigenvalue weighted by atomic mass is 32.2. The molecule has 0 radical (unpaired) electrons. The maximum absolute atomic E-state index is 12.5. The van der Waals surface area contributed by atoms with Crippen LogP contribution in [0.15, 0.2) is 51.2 Å². The number of hydrogen-bond acceptors (Lipinski definition) is 5. The molecule has 0 amide bonds. The van der Waals surface area contributed by atoms with Gasteiger partial charge in [0.1, 0.15) is 5.69 Å². The van der Waals surface area contributed by atoms with Crippen molar-refractivity contribution in [3.8, 4) is 0 Å². The Balaban J connectivity index is 2.35. The Morgan fingerprint density at radius 3 is 2.71 bits per heavy atom. The summed E-state index contributed by atoms with van der Waals surface area (Å²) < 4.78 is 32.5. The first-order valence-electron chi connectivity index (χ1n) is 6.24. The molecule has 0 spiro atoms. The molecule has 0 aliphatic rings. The van der Waals surface area contributed by atoms with E-state index in [9.17, 15) is 8.42 Å². The number of nitrogens with zero attached hydrogens (tertiary/aromatic N) is 1. The topological polar surface area (TPSA) is 72.2 Å². The minimum Gasteiger partial charge on any atom is -0.360 e. The standard InChI is InChI=1S/C14H16N2O3S2/c1-4-9-20-13-8-6-5-7-12(13)16-21(17,18)14-10(2)15-19-11(14)3/h4-8,16H,1,9H2,2-3H3. The van der Waals surface area contributed by atoms with Gasteiger partial charge in [-0.3, -0.25) is 4.72 Å². The van der Waals surface area contributed by atoms with E-state index in [1.54, 1.807) is 32.1 Å². The Kier molecular flexibility index (Phi) is 4.74. The predicted molar refractivity (Wildman–Crippen MR) is 84.1 cm³/mol. The number of thioether (sulfide) groups is 1. The largest absolute Gasteiger partial charge is 0.360 e. The van der Waals surface area contributed by atoms with Crippen LogP contribution in [-0.4, -0.2) is 19.3 Å². The molecule has 0 saturated carbocycles. The number of para-hydroxylation sites is 1. The predicted octanol–water partition coefficient (Wildman–Crippen LogP) is 3.37. The molecule has 21 heavy (non-hydrogen) atoms. The molecule has 0 aliphatic carbocycles. The third-order valence-electron chi connectivity index (χ3n) is 2.72. The number of benzene rings is 1. The number of nitrogens with one attached hydrogen (secondary N) is 1. The van der Waals surface area contributed by atoms with Crippen molar-refractivity contribution in [1.82, 2.24) is 5.16 Å². The lowest BCUT2D eigenvalue weighted by Gasteiger charge is -2.11. The minimum absolute atomic E-state index is 0.0889. The molecule has 0 atom stereocenters. The molecular formula is C14H16N2O3S2. The van der Waals surface area contributed by atoms with Crippen molar-refractivity contribution >= 4 is 27.5 Å². The van der Waals surface area contributed by atoms with E-state index in [0.29, 0.717) is 17.1 Å². The summed E-state index contributed by atoms with van der Waals surface area (Å²) in [7, 11) is -3.72.